The normalized spacial score (nSPS) is 14.6. The minimum atomic E-state index is -0.114. The van der Waals surface area contributed by atoms with E-state index in [0.717, 1.165) is 17.7 Å². The van der Waals surface area contributed by atoms with Gasteiger partial charge in [-0.15, -0.1) is 0 Å². The Kier molecular flexibility index (Phi) is 4.38. The summed E-state index contributed by atoms with van der Waals surface area (Å²) >= 11 is 0. The van der Waals surface area contributed by atoms with Crippen molar-refractivity contribution in [1.29, 1.82) is 0 Å². The van der Waals surface area contributed by atoms with Gasteiger partial charge in [0.25, 0.3) is 0 Å². The first kappa shape index (κ1) is 13.8. The number of hydrogen-bond acceptors (Lipinski definition) is 2. The van der Waals surface area contributed by atoms with Gasteiger partial charge in [-0.25, -0.2) is 4.98 Å². The van der Waals surface area contributed by atoms with Crippen LogP contribution in [0.1, 0.15) is 50.5 Å². The van der Waals surface area contributed by atoms with E-state index < -0.39 is 0 Å². The maximum Gasteiger partial charge on any atom is 0.0951 e. The van der Waals surface area contributed by atoms with Crippen LogP contribution in [-0.4, -0.2) is 9.55 Å². The molecule has 102 valence electrons. The van der Waals surface area contributed by atoms with Crippen LogP contribution in [-0.2, 0) is 0 Å². The molecule has 0 amide bonds. The largest absolute Gasteiger partial charge is 0.330 e. The molecule has 0 aliphatic heterocycles. The Morgan fingerprint density at radius 2 is 1.89 bits per heavy atom. The second-order valence-corrected chi connectivity index (χ2v) is 5.33. The van der Waals surface area contributed by atoms with E-state index in [1.807, 2.05) is 30.7 Å². The molecule has 0 fully saturated rings. The SMILES string of the molecule is CCC(C(C)C)n1cncc1C(N)c1ccccc1. The van der Waals surface area contributed by atoms with E-state index in [1.54, 1.807) is 0 Å². The van der Waals surface area contributed by atoms with Crippen LogP contribution in [0, 0.1) is 5.92 Å². The third-order valence-corrected chi connectivity index (χ3v) is 3.72. The Labute approximate surface area is 115 Å². The number of aromatic nitrogens is 2. The topological polar surface area (TPSA) is 43.8 Å². The van der Waals surface area contributed by atoms with Crippen molar-refractivity contribution in [2.24, 2.45) is 11.7 Å². The van der Waals surface area contributed by atoms with E-state index in [4.69, 9.17) is 5.73 Å². The first-order valence-electron chi connectivity index (χ1n) is 6.97. The maximum atomic E-state index is 6.39. The predicted molar refractivity (Wildman–Crippen MR) is 78.9 cm³/mol. The van der Waals surface area contributed by atoms with Crippen molar-refractivity contribution in [3.8, 4) is 0 Å². The van der Waals surface area contributed by atoms with Crippen LogP contribution in [0.4, 0.5) is 0 Å². The van der Waals surface area contributed by atoms with Crippen LogP contribution < -0.4 is 5.73 Å². The molecule has 2 rings (SSSR count). The molecule has 2 aromatic rings. The zero-order valence-electron chi connectivity index (χ0n) is 12.0. The Hall–Kier alpha value is -1.61. The van der Waals surface area contributed by atoms with Gasteiger partial charge in [0.2, 0.25) is 0 Å². The van der Waals surface area contributed by atoms with Gasteiger partial charge in [0.05, 0.1) is 24.3 Å². The minimum absolute atomic E-state index is 0.114. The molecule has 2 atom stereocenters. The fourth-order valence-electron chi connectivity index (χ4n) is 2.65. The van der Waals surface area contributed by atoms with Gasteiger partial charge in [-0.1, -0.05) is 51.1 Å². The average molecular weight is 257 g/mol. The number of nitrogens with two attached hydrogens (primary N) is 1. The lowest BCUT2D eigenvalue weighted by Gasteiger charge is -2.25. The molecule has 1 heterocycles. The first-order chi connectivity index (χ1) is 9.15. The minimum Gasteiger partial charge on any atom is -0.330 e. The summed E-state index contributed by atoms with van der Waals surface area (Å²) < 4.78 is 2.24. The standard InChI is InChI=1S/C16H23N3/c1-4-14(12(2)3)19-11-18-10-15(19)16(17)13-8-6-5-7-9-13/h5-12,14,16H,4,17H2,1-3H3. The highest BCUT2D eigenvalue weighted by Crippen LogP contribution is 2.27. The smallest absolute Gasteiger partial charge is 0.0951 e. The molecule has 1 aromatic heterocycles. The number of imidazole rings is 1. The molecule has 0 spiro atoms. The van der Waals surface area contributed by atoms with Crippen LogP contribution in [0.2, 0.25) is 0 Å². The van der Waals surface area contributed by atoms with Crippen molar-refractivity contribution in [2.45, 2.75) is 39.3 Å². The van der Waals surface area contributed by atoms with Crippen LogP contribution >= 0.6 is 0 Å². The van der Waals surface area contributed by atoms with Gasteiger partial charge in [-0.05, 0) is 17.9 Å². The lowest BCUT2D eigenvalue weighted by atomic mass is 9.99. The van der Waals surface area contributed by atoms with Crippen molar-refractivity contribution >= 4 is 0 Å². The Morgan fingerprint density at radius 1 is 1.21 bits per heavy atom. The summed E-state index contributed by atoms with van der Waals surface area (Å²) in [4.78, 5) is 4.30. The van der Waals surface area contributed by atoms with Crippen molar-refractivity contribution in [2.75, 3.05) is 0 Å². The van der Waals surface area contributed by atoms with Gasteiger partial charge >= 0.3 is 0 Å². The Bertz CT molecular complexity index is 502. The summed E-state index contributed by atoms with van der Waals surface area (Å²) in [5, 5.41) is 0. The quantitative estimate of drug-likeness (QED) is 0.890. The van der Waals surface area contributed by atoms with Crippen molar-refractivity contribution in [3.63, 3.8) is 0 Å². The summed E-state index contributed by atoms with van der Waals surface area (Å²) in [6, 6.07) is 10.5. The molecule has 3 heteroatoms. The summed E-state index contributed by atoms with van der Waals surface area (Å²) in [6.45, 7) is 6.69. The van der Waals surface area contributed by atoms with E-state index >= 15 is 0 Å². The van der Waals surface area contributed by atoms with Crippen molar-refractivity contribution in [1.82, 2.24) is 9.55 Å². The van der Waals surface area contributed by atoms with E-state index in [2.05, 4.69) is 42.5 Å². The van der Waals surface area contributed by atoms with Gasteiger partial charge in [0.15, 0.2) is 0 Å². The lowest BCUT2D eigenvalue weighted by Crippen LogP contribution is -2.21. The fraction of sp³-hybridized carbons (Fsp3) is 0.438. The molecule has 0 aliphatic carbocycles. The van der Waals surface area contributed by atoms with Crippen LogP contribution in [0.3, 0.4) is 0 Å². The molecular weight excluding hydrogens is 234 g/mol. The molecule has 0 saturated carbocycles. The van der Waals surface area contributed by atoms with Gasteiger partial charge in [-0.3, -0.25) is 0 Å². The van der Waals surface area contributed by atoms with E-state index in [0.29, 0.717) is 12.0 Å². The molecule has 1 aromatic carbocycles. The Morgan fingerprint density at radius 3 is 2.47 bits per heavy atom. The summed E-state index contributed by atoms with van der Waals surface area (Å²) in [5.41, 5.74) is 8.61. The third kappa shape index (κ3) is 2.87. The molecule has 2 unspecified atom stereocenters. The van der Waals surface area contributed by atoms with E-state index in [9.17, 15) is 0 Å². The summed E-state index contributed by atoms with van der Waals surface area (Å²) in [7, 11) is 0. The number of benzene rings is 1. The number of rotatable bonds is 5. The zero-order chi connectivity index (χ0) is 13.8. The molecule has 2 N–H and O–H groups in total. The highest BCUT2D eigenvalue weighted by atomic mass is 15.1. The van der Waals surface area contributed by atoms with Gasteiger partial charge in [0, 0.05) is 6.04 Å². The third-order valence-electron chi connectivity index (χ3n) is 3.72. The zero-order valence-corrected chi connectivity index (χ0v) is 12.0. The van der Waals surface area contributed by atoms with Gasteiger partial charge < -0.3 is 10.3 Å². The van der Waals surface area contributed by atoms with Crippen LogP contribution in [0.5, 0.6) is 0 Å². The van der Waals surface area contributed by atoms with Gasteiger partial charge in [0.1, 0.15) is 0 Å². The molecule has 0 radical (unpaired) electrons. The second kappa shape index (κ2) is 6.02. The summed E-state index contributed by atoms with van der Waals surface area (Å²) in [6.07, 6.45) is 4.89. The molecule has 3 nitrogen and oxygen atoms in total. The lowest BCUT2D eigenvalue weighted by molar-refractivity contribution is 0.354. The molecular formula is C16H23N3. The van der Waals surface area contributed by atoms with Crippen molar-refractivity contribution < 1.29 is 0 Å². The monoisotopic (exact) mass is 257 g/mol. The highest BCUT2D eigenvalue weighted by molar-refractivity contribution is 5.26. The van der Waals surface area contributed by atoms with E-state index in [-0.39, 0.29) is 6.04 Å². The summed E-state index contributed by atoms with van der Waals surface area (Å²) in [5.74, 6) is 0.570. The van der Waals surface area contributed by atoms with E-state index in [1.165, 1.54) is 0 Å². The predicted octanol–water partition coefficient (Wildman–Crippen LogP) is 3.54. The fourth-order valence-corrected chi connectivity index (χ4v) is 2.65. The van der Waals surface area contributed by atoms with Crippen LogP contribution in [0.15, 0.2) is 42.9 Å². The van der Waals surface area contributed by atoms with Crippen molar-refractivity contribution in [3.05, 3.63) is 54.1 Å². The van der Waals surface area contributed by atoms with Crippen LogP contribution in [0.25, 0.3) is 0 Å². The molecule has 0 bridgehead atoms. The number of nitrogens with zero attached hydrogens (tertiary/aromatic N) is 2. The average Bonchev–Trinajstić information content (AvgIpc) is 2.88. The van der Waals surface area contributed by atoms with Gasteiger partial charge in [-0.2, -0.15) is 0 Å². The second-order valence-electron chi connectivity index (χ2n) is 5.33. The number of hydrogen-bond donors (Lipinski definition) is 1. The highest BCUT2D eigenvalue weighted by Gasteiger charge is 2.20. The molecule has 19 heavy (non-hydrogen) atoms. The Balaban J connectivity index is 2.34. The molecule has 0 aliphatic rings. The maximum absolute atomic E-state index is 6.39. The first-order valence-corrected chi connectivity index (χ1v) is 6.97. The molecule has 0 saturated heterocycles.